The van der Waals surface area contributed by atoms with Gasteiger partial charge in [0.15, 0.2) is 0 Å². The third-order valence-electron chi connectivity index (χ3n) is 3.72. The van der Waals surface area contributed by atoms with Crippen molar-refractivity contribution in [1.29, 1.82) is 0 Å². The molecule has 0 spiro atoms. The second kappa shape index (κ2) is 6.76. The minimum atomic E-state index is 0.576. The lowest BCUT2D eigenvalue weighted by atomic mass is 10.1. The summed E-state index contributed by atoms with van der Waals surface area (Å²) in [4.78, 5) is 2.56. The van der Waals surface area contributed by atoms with Crippen LogP contribution in [0.4, 0.5) is 5.69 Å². The number of anilines is 1. The molecule has 2 unspecified atom stereocenters. The van der Waals surface area contributed by atoms with Gasteiger partial charge in [0.05, 0.1) is 6.61 Å². The van der Waals surface area contributed by atoms with Crippen LogP contribution in [-0.2, 0) is 4.74 Å². The summed E-state index contributed by atoms with van der Waals surface area (Å²) in [6, 6.07) is 11.0. The smallest absolute Gasteiger partial charge is 0.0503 e. The zero-order valence-corrected chi connectivity index (χ0v) is 11.4. The summed E-state index contributed by atoms with van der Waals surface area (Å²) in [5.74, 6) is 0.717. The number of ether oxygens (including phenoxy) is 1. The maximum absolute atomic E-state index is 5.24. The highest BCUT2D eigenvalue weighted by molar-refractivity contribution is 5.42. The van der Waals surface area contributed by atoms with Crippen molar-refractivity contribution in [3.8, 4) is 0 Å². The van der Waals surface area contributed by atoms with Crippen LogP contribution in [0, 0.1) is 5.92 Å². The first kappa shape index (κ1) is 13.4. The summed E-state index contributed by atoms with van der Waals surface area (Å²) in [7, 11) is 1.79. The third kappa shape index (κ3) is 3.72. The Labute approximate surface area is 110 Å². The molecule has 2 rings (SSSR count). The lowest BCUT2D eigenvalue weighted by Gasteiger charge is -2.25. The number of para-hydroxylation sites is 1. The predicted octanol–water partition coefficient (Wildman–Crippen LogP) is 2.46. The zero-order chi connectivity index (χ0) is 12.8. The molecule has 2 atom stereocenters. The Hall–Kier alpha value is -1.06. The van der Waals surface area contributed by atoms with Crippen LogP contribution in [0.15, 0.2) is 30.3 Å². The molecule has 100 valence electrons. The molecule has 1 aliphatic rings. The van der Waals surface area contributed by atoms with Crippen LogP contribution in [0.25, 0.3) is 0 Å². The molecule has 3 nitrogen and oxygen atoms in total. The van der Waals surface area contributed by atoms with Gasteiger partial charge in [-0.1, -0.05) is 18.2 Å². The topological polar surface area (TPSA) is 24.5 Å². The van der Waals surface area contributed by atoms with Gasteiger partial charge >= 0.3 is 0 Å². The molecular weight excluding hydrogens is 224 g/mol. The quantitative estimate of drug-likeness (QED) is 0.837. The van der Waals surface area contributed by atoms with Crippen LogP contribution in [0.1, 0.15) is 13.3 Å². The van der Waals surface area contributed by atoms with Crippen molar-refractivity contribution in [1.82, 2.24) is 4.90 Å². The van der Waals surface area contributed by atoms with E-state index < -0.39 is 0 Å². The van der Waals surface area contributed by atoms with Crippen LogP contribution in [0.5, 0.6) is 0 Å². The van der Waals surface area contributed by atoms with E-state index in [9.17, 15) is 0 Å². The van der Waals surface area contributed by atoms with Gasteiger partial charge < -0.3 is 10.1 Å². The molecule has 0 radical (unpaired) electrons. The van der Waals surface area contributed by atoms with Gasteiger partial charge in [0.1, 0.15) is 0 Å². The second-order valence-corrected chi connectivity index (χ2v) is 5.20. The lowest BCUT2D eigenvalue weighted by Crippen LogP contribution is -2.36. The summed E-state index contributed by atoms with van der Waals surface area (Å²) >= 11 is 0. The molecule has 1 aliphatic heterocycles. The van der Waals surface area contributed by atoms with Gasteiger partial charge in [-0.05, 0) is 37.9 Å². The summed E-state index contributed by atoms with van der Waals surface area (Å²) in [5, 5.41) is 3.50. The van der Waals surface area contributed by atoms with E-state index in [0.717, 1.165) is 13.2 Å². The Morgan fingerprint density at radius 1 is 1.39 bits per heavy atom. The summed E-state index contributed by atoms with van der Waals surface area (Å²) in [5.41, 5.74) is 1.21. The highest BCUT2D eigenvalue weighted by Gasteiger charge is 2.25. The molecule has 0 saturated carbocycles. The average Bonchev–Trinajstić information content (AvgIpc) is 2.86. The molecule has 1 fully saturated rings. The average molecular weight is 248 g/mol. The highest BCUT2D eigenvalue weighted by Crippen LogP contribution is 2.19. The number of methoxy groups -OCH3 is 1. The molecular formula is C15H24N2O. The highest BCUT2D eigenvalue weighted by atomic mass is 16.5. The molecule has 0 bridgehead atoms. The number of nitrogens with one attached hydrogen (secondary N) is 1. The van der Waals surface area contributed by atoms with Crippen molar-refractivity contribution < 1.29 is 4.74 Å². The fourth-order valence-corrected chi connectivity index (χ4v) is 2.59. The first-order valence-corrected chi connectivity index (χ1v) is 6.81. The zero-order valence-electron chi connectivity index (χ0n) is 11.4. The summed E-state index contributed by atoms with van der Waals surface area (Å²) in [6.07, 6.45) is 1.27. The number of hydrogen-bond acceptors (Lipinski definition) is 3. The Bertz CT molecular complexity index is 342. The van der Waals surface area contributed by atoms with Crippen molar-refractivity contribution in [3.63, 3.8) is 0 Å². The van der Waals surface area contributed by atoms with Gasteiger partial charge in [-0.25, -0.2) is 0 Å². The first-order valence-electron chi connectivity index (χ1n) is 6.81. The van der Waals surface area contributed by atoms with Crippen LogP contribution in [-0.4, -0.2) is 44.3 Å². The molecule has 1 heterocycles. The first-order chi connectivity index (χ1) is 8.79. The van der Waals surface area contributed by atoms with Crippen molar-refractivity contribution in [2.75, 3.05) is 38.7 Å². The summed E-state index contributed by atoms with van der Waals surface area (Å²) < 4.78 is 5.24. The van der Waals surface area contributed by atoms with Gasteiger partial charge in [0.2, 0.25) is 0 Å². The largest absolute Gasteiger partial charge is 0.384 e. The van der Waals surface area contributed by atoms with Crippen LogP contribution >= 0.6 is 0 Å². The number of hydrogen-bond donors (Lipinski definition) is 1. The Morgan fingerprint density at radius 2 is 2.17 bits per heavy atom. The van der Waals surface area contributed by atoms with Crippen molar-refractivity contribution in [2.45, 2.75) is 19.4 Å². The molecule has 18 heavy (non-hydrogen) atoms. The van der Waals surface area contributed by atoms with Gasteiger partial charge in [0.25, 0.3) is 0 Å². The van der Waals surface area contributed by atoms with Crippen molar-refractivity contribution in [3.05, 3.63) is 30.3 Å². The minimum Gasteiger partial charge on any atom is -0.384 e. The van der Waals surface area contributed by atoms with Gasteiger partial charge in [-0.15, -0.1) is 0 Å². The van der Waals surface area contributed by atoms with Crippen molar-refractivity contribution in [2.24, 2.45) is 5.92 Å². The molecule has 3 heteroatoms. The predicted molar refractivity (Wildman–Crippen MR) is 75.9 cm³/mol. The number of rotatable bonds is 6. The van der Waals surface area contributed by atoms with E-state index in [2.05, 4.69) is 41.4 Å². The third-order valence-corrected chi connectivity index (χ3v) is 3.72. The molecule has 1 aromatic carbocycles. The molecule has 1 saturated heterocycles. The normalized spacial score (nSPS) is 22.0. The Kier molecular flexibility index (Phi) is 5.02. The van der Waals surface area contributed by atoms with E-state index in [1.807, 2.05) is 6.07 Å². The van der Waals surface area contributed by atoms with Crippen LogP contribution < -0.4 is 5.32 Å². The fourth-order valence-electron chi connectivity index (χ4n) is 2.59. The minimum absolute atomic E-state index is 0.576. The van der Waals surface area contributed by atoms with E-state index in [1.165, 1.54) is 25.2 Å². The fraction of sp³-hybridized carbons (Fsp3) is 0.600. The monoisotopic (exact) mass is 248 g/mol. The van der Waals surface area contributed by atoms with Gasteiger partial charge in [0, 0.05) is 31.9 Å². The Morgan fingerprint density at radius 3 is 2.89 bits per heavy atom. The lowest BCUT2D eigenvalue weighted by molar-refractivity contribution is 0.149. The Balaban J connectivity index is 1.74. The molecule has 1 N–H and O–H groups in total. The number of benzene rings is 1. The maximum Gasteiger partial charge on any atom is 0.0503 e. The van der Waals surface area contributed by atoms with Crippen LogP contribution in [0.3, 0.4) is 0 Å². The van der Waals surface area contributed by atoms with E-state index >= 15 is 0 Å². The van der Waals surface area contributed by atoms with Gasteiger partial charge in [-0.3, -0.25) is 4.90 Å². The van der Waals surface area contributed by atoms with Crippen molar-refractivity contribution >= 4 is 5.69 Å². The van der Waals surface area contributed by atoms with Gasteiger partial charge in [-0.2, -0.15) is 0 Å². The second-order valence-electron chi connectivity index (χ2n) is 5.20. The van der Waals surface area contributed by atoms with E-state index in [1.54, 1.807) is 7.11 Å². The molecule has 0 aromatic heterocycles. The number of nitrogens with zero attached hydrogens (tertiary/aromatic N) is 1. The molecule has 1 aromatic rings. The van der Waals surface area contributed by atoms with E-state index in [4.69, 9.17) is 4.74 Å². The SMILES string of the molecule is COCC1CCN(C(C)CNc2ccccc2)C1. The maximum atomic E-state index is 5.24. The number of likely N-dealkylation sites (tertiary alicyclic amines) is 1. The van der Waals surface area contributed by atoms with Crippen LogP contribution in [0.2, 0.25) is 0 Å². The van der Waals surface area contributed by atoms with E-state index in [-0.39, 0.29) is 0 Å². The summed E-state index contributed by atoms with van der Waals surface area (Å²) in [6.45, 7) is 6.57. The molecule has 0 amide bonds. The standard InChI is InChI=1S/C15H24N2O/c1-13(10-16-15-6-4-3-5-7-15)17-9-8-14(11-17)12-18-2/h3-7,13-14,16H,8-12H2,1-2H3. The molecule has 0 aliphatic carbocycles. The van der Waals surface area contributed by atoms with E-state index in [0.29, 0.717) is 12.0 Å².